The molecule has 0 unspecified atom stereocenters. The molecule has 3 rings (SSSR count). The Morgan fingerprint density at radius 2 is 1.57 bits per heavy atom. The molecule has 1 aliphatic heterocycles. The van der Waals surface area contributed by atoms with E-state index in [2.05, 4.69) is 16.7 Å². The van der Waals surface area contributed by atoms with Crippen LogP contribution in [0.5, 0.6) is 11.5 Å². The van der Waals surface area contributed by atoms with Crippen molar-refractivity contribution in [2.45, 2.75) is 32.6 Å². The average Bonchev–Trinajstić information content (AvgIpc) is 2.77. The van der Waals surface area contributed by atoms with Gasteiger partial charge in [0.2, 0.25) is 11.8 Å². The van der Waals surface area contributed by atoms with Crippen LogP contribution in [0.1, 0.15) is 30.9 Å². The van der Waals surface area contributed by atoms with Crippen LogP contribution >= 0.6 is 0 Å². The Hall–Kier alpha value is -2.86. The molecule has 0 bridgehead atoms. The number of amides is 2. The highest BCUT2D eigenvalue weighted by Crippen LogP contribution is 2.29. The van der Waals surface area contributed by atoms with Crippen molar-refractivity contribution in [3.8, 4) is 11.5 Å². The van der Waals surface area contributed by atoms with Gasteiger partial charge in [-0.1, -0.05) is 36.4 Å². The lowest BCUT2D eigenvalue weighted by Gasteiger charge is -2.27. The molecule has 1 heterocycles. The smallest absolute Gasteiger partial charge is 0.222 e. The van der Waals surface area contributed by atoms with Crippen molar-refractivity contribution in [1.29, 1.82) is 0 Å². The number of benzene rings is 2. The lowest BCUT2D eigenvalue weighted by atomic mass is 10.1. The van der Waals surface area contributed by atoms with E-state index in [1.54, 1.807) is 0 Å². The number of piperazine rings is 1. The van der Waals surface area contributed by atoms with Gasteiger partial charge in [0.15, 0.2) is 0 Å². The van der Waals surface area contributed by atoms with Crippen LogP contribution in [-0.4, -0.2) is 49.4 Å². The number of hydrogen-bond acceptors (Lipinski definition) is 4. The Balaban J connectivity index is 1.62. The Morgan fingerprint density at radius 3 is 2.20 bits per heavy atom. The van der Waals surface area contributed by atoms with Gasteiger partial charge in [-0.2, -0.15) is 0 Å². The lowest BCUT2D eigenvalue weighted by Crippen LogP contribution is -2.46. The first-order valence-corrected chi connectivity index (χ1v) is 10.7. The van der Waals surface area contributed by atoms with Gasteiger partial charge in [0.1, 0.15) is 11.5 Å². The number of rotatable bonds is 9. The Morgan fingerprint density at radius 1 is 0.967 bits per heavy atom. The molecule has 2 aromatic rings. The second-order valence-electron chi connectivity index (χ2n) is 7.53. The second-order valence-corrected chi connectivity index (χ2v) is 7.53. The van der Waals surface area contributed by atoms with E-state index in [1.807, 2.05) is 47.4 Å². The summed E-state index contributed by atoms with van der Waals surface area (Å²) >= 11 is 0. The van der Waals surface area contributed by atoms with Crippen LogP contribution in [0, 0.1) is 0 Å². The van der Waals surface area contributed by atoms with Crippen LogP contribution in [0.2, 0.25) is 0 Å². The molecule has 1 fully saturated rings. The van der Waals surface area contributed by atoms with Crippen LogP contribution in [0.4, 0.5) is 0 Å². The number of aryl methyl sites for hydroxylation is 2. The Bertz CT molecular complexity index is 847. The lowest BCUT2D eigenvalue weighted by molar-refractivity contribution is -0.131. The quantitative estimate of drug-likeness (QED) is 0.625. The van der Waals surface area contributed by atoms with E-state index in [0.717, 1.165) is 61.6 Å². The first-order valence-electron chi connectivity index (χ1n) is 10.7. The minimum Gasteiger partial charge on any atom is -0.457 e. The van der Waals surface area contributed by atoms with Crippen LogP contribution in [0.15, 0.2) is 48.5 Å². The summed E-state index contributed by atoms with van der Waals surface area (Å²) in [5, 5.41) is 6.10. The maximum Gasteiger partial charge on any atom is 0.222 e. The van der Waals surface area contributed by atoms with E-state index in [0.29, 0.717) is 19.4 Å². The first kappa shape index (κ1) is 21.8. The van der Waals surface area contributed by atoms with Crippen molar-refractivity contribution in [3.63, 3.8) is 0 Å². The van der Waals surface area contributed by atoms with Gasteiger partial charge in [0.05, 0.1) is 0 Å². The number of carbonyl (C=O) groups is 2. The summed E-state index contributed by atoms with van der Waals surface area (Å²) in [7, 11) is 0. The van der Waals surface area contributed by atoms with Crippen molar-refractivity contribution in [1.82, 2.24) is 15.5 Å². The standard InChI is InChI=1S/C24H31N3O3/c1-19(28)26-14-6-9-20-7-2-4-10-22(20)30-23-11-5-3-8-21(23)12-13-24(29)27-17-15-25-16-18-27/h2-5,7-8,10-11,25H,6,9,12-18H2,1H3,(H,26,28). The Kier molecular flexibility index (Phi) is 8.27. The van der Waals surface area contributed by atoms with Crippen molar-refractivity contribution in [2.24, 2.45) is 0 Å². The minimum absolute atomic E-state index is 0.0103. The normalized spacial score (nSPS) is 13.7. The SMILES string of the molecule is CC(=O)NCCCc1ccccc1Oc1ccccc1CCC(=O)N1CCNCC1. The van der Waals surface area contributed by atoms with E-state index in [4.69, 9.17) is 4.74 Å². The summed E-state index contributed by atoms with van der Waals surface area (Å²) in [6.07, 6.45) is 2.81. The molecule has 0 aliphatic carbocycles. The van der Waals surface area contributed by atoms with E-state index in [1.165, 1.54) is 6.92 Å². The number of ether oxygens (including phenoxy) is 1. The summed E-state index contributed by atoms with van der Waals surface area (Å²) in [6, 6.07) is 15.9. The second kappa shape index (κ2) is 11.4. The Labute approximate surface area is 178 Å². The van der Waals surface area contributed by atoms with Gasteiger partial charge in [0, 0.05) is 46.1 Å². The fourth-order valence-electron chi connectivity index (χ4n) is 3.60. The molecule has 0 radical (unpaired) electrons. The van der Waals surface area contributed by atoms with Gasteiger partial charge in [-0.15, -0.1) is 0 Å². The third-order valence-electron chi connectivity index (χ3n) is 5.24. The molecule has 6 heteroatoms. The minimum atomic E-state index is -0.0103. The van der Waals surface area contributed by atoms with Gasteiger partial charge in [0.25, 0.3) is 0 Å². The number of nitrogens with zero attached hydrogens (tertiary/aromatic N) is 1. The molecular weight excluding hydrogens is 378 g/mol. The van der Waals surface area contributed by atoms with Crippen LogP contribution in [0.25, 0.3) is 0 Å². The third-order valence-corrected chi connectivity index (χ3v) is 5.24. The van der Waals surface area contributed by atoms with Crippen LogP contribution in [0.3, 0.4) is 0 Å². The molecule has 1 saturated heterocycles. The van der Waals surface area contributed by atoms with E-state index < -0.39 is 0 Å². The molecule has 6 nitrogen and oxygen atoms in total. The third kappa shape index (κ3) is 6.59. The molecule has 0 aromatic heterocycles. The molecule has 160 valence electrons. The van der Waals surface area contributed by atoms with Crippen LogP contribution < -0.4 is 15.4 Å². The largest absolute Gasteiger partial charge is 0.457 e. The topological polar surface area (TPSA) is 70.7 Å². The van der Waals surface area contributed by atoms with Crippen molar-refractivity contribution >= 4 is 11.8 Å². The number of nitrogens with one attached hydrogen (secondary N) is 2. The number of carbonyl (C=O) groups excluding carboxylic acids is 2. The van der Waals surface area contributed by atoms with Gasteiger partial charge in [-0.05, 0) is 42.5 Å². The fourth-order valence-corrected chi connectivity index (χ4v) is 3.60. The summed E-state index contributed by atoms with van der Waals surface area (Å²) < 4.78 is 6.27. The molecule has 2 amide bonds. The highest BCUT2D eigenvalue weighted by molar-refractivity contribution is 5.76. The molecule has 1 aliphatic rings. The predicted octanol–water partition coefficient (Wildman–Crippen LogP) is 2.91. The fraction of sp³-hybridized carbons (Fsp3) is 0.417. The summed E-state index contributed by atoms with van der Waals surface area (Å²) in [5.74, 6) is 1.80. The zero-order chi connectivity index (χ0) is 21.2. The average molecular weight is 410 g/mol. The van der Waals surface area contributed by atoms with Gasteiger partial charge < -0.3 is 20.3 Å². The summed E-state index contributed by atoms with van der Waals surface area (Å²) in [4.78, 5) is 25.5. The van der Waals surface area contributed by atoms with Crippen molar-refractivity contribution in [2.75, 3.05) is 32.7 Å². The summed E-state index contributed by atoms with van der Waals surface area (Å²) in [5.41, 5.74) is 2.14. The zero-order valence-corrected chi connectivity index (χ0v) is 17.7. The number of para-hydroxylation sites is 2. The maximum absolute atomic E-state index is 12.5. The molecule has 30 heavy (non-hydrogen) atoms. The molecule has 0 spiro atoms. The van der Waals surface area contributed by atoms with Crippen molar-refractivity contribution in [3.05, 3.63) is 59.7 Å². The summed E-state index contributed by atoms with van der Waals surface area (Å²) in [6.45, 7) is 5.47. The van der Waals surface area contributed by atoms with Crippen LogP contribution in [-0.2, 0) is 22.4 Å². The monoisotopic (exact) mass is 409 g/mol. The highest BCUT2D eigenvalue weighted by Gasteiger charge is 2.17. The predicted molar refractivity (Wildman–Crippen MR) is 118 cm³/mol. The van der Waals surface area contributed by atoms with Gasteiger partial charge in [-0.25, -0.2) is 0 Å². The van der Waals surface area contributed by atoms with E-state index in [9.17, 15) is 9.59 Å². The maximum atomic E-state index is 12.5. The molecular formula is C24H31N3O3. The zero-order valence-electron chi connectivity index (χ0n) is 17.7. The molecule has 0 atom stereocenters. The van der Waals surface area contributed by atoms with E-state index in [-0.39, 0.29) is 11.8 Å². The van der Waals surface area contributed by atoms with Gasteiger partial charge >= 0.3 is 0 Å². The van der Waals surface area contributed by atoms with Gasteiger partial charge in [-0.3, -0.25) is 9.59 Å². The first-order chi connectivity index (χ1) is 14.6. The number of hydrogen-bond donors (Lipinski definition) is 2. The van der Waals surface area contributed by atoms with E-state index >= 15 is 0 Å². The highest BCUT2D eigenvalue weighted by atomic mass is 16.5. The van der Waals surface area contributed by atoms with Crippen molar-refractivity contribution < 1.29 is 14.3 Å². The molecule has 2 aromatic carbocycles. The molecule has 2 N–H and O–H groups in total. The molecule has 0 saturated carbocycles.